The van der Waals surface area contributed by atoms with Crippen molar-refractivity contribution >= 4 is 0 Å². The van der Waals surface area contributed by atoms with Gasteiger partial charge in [0.05, 0.1) is 6.61 Å². The van der Waals surface area contributed by atoms with Crippen molar-refractivity contribution in [2.24, 2.45) is 11.7 Å². The van der Waals surface area contributed by atoms with Gasteiger partial charge in [-0.15, -0.1) is 0 Å². The van der Waals surface area contributed by atoms with E-state index >= 15 is 0 Å². The molecule has 2 aliphatic carbocycles. The van der Waals surface area contributed by atoms with E-state index < -0.39 is 0 Å². The predicted molar refractivity (Wildman–Crippen MR) is 69.1 cm³/mol. The monoisotopic (exact) mass is 231 g/mol. The minimum absolute atomic E-state index is 0.0963. The van der Waals surface area contributed by atoms with Crippen molar-refractivity contribution in [3.63, 3.8) is 0 Å². The highest BCUT2D eigenvalue weighted by Crippen LogP contribution is 2.47. The van der Waals surface area contributed by atoms with Crippen LogP contribution in [0.3, 0.4) is 0 Å². The number of ether oxygens (including phenoxy) is 1. The maximum Gasteiger partial charge on any atom is 0.124 e. The molecule has 0 aromatic heterocycles. The molecule has 2 saturated carbocycles. The van der Waals surface area contributed by atoms with Gasteiger partial charge in [-0.3, -0.25) is 0 Å². The van der Waals surface area contributed by atoms with Crippen molar-refractivity contribution in [1.29, 1.82) is 0 Å². The first-order valence-corrected chi connectivity index (χ1v) is 6.70. The zero-order valence-electron chi connectivity index (χ0n) is 10.5. The van der Waals surface area contributed by atoms with E-state index in [0.29, 0.717) is 0 Å². The van der Waals surface area contributed by atoms with E-state index in [1.807, 2.05) is 0 Å². The van der Waals surface area contributed by atoms with E-state index in [0.717, 1.165) is 31.1 Å². The first-order valence-electron chi connectivity index (χ1n) is 6.70. The standard InChI is InChI=1S/C15H21NO/c1-11-5-6-14(17-10-12-3-2-4-12)13(9-11)15(16)7-8-15/h5-6,9,12H,2-4,7-8,10,16H2,1H3. The second-order valence-corrected chi connectivity index (χ2v) is 5.76. The summed E-state index contributed by atoms with van der Waals surface area (Å²) in [6, 6.07) is 6.41. The predicted octanol–water partition coefficient (Wildman–Crippen LogP) is 3.12. The smallest absolute Gasteiger partial charge is 0.124 e. The molecule has 0 aliphatic heterocycles. The molecule has 0 heterocycles. The second-order valence-electron chi connectivity index (χ2n) is 5.76. The van der Waals surface area contributed by atoms with E-state index in [4.69, 9.17) is 10.5 Å². The van der Waals surface area contributed by atoms with E-state index in [2.05, 4.69) is 25.1 Å². The summed E-state index contributed by atoms with van der Waals surface area (Å²) in [5, 5.41) is 0. The molecule has 0 unspecified atom stereocenters. The fourth-order valence-corrected chi connectivity index (χ4v) is 2.43. The molecule has 0 amide bonds. The Balaban J connectivity index is 1.77. The Hall–Kier alpha value is -1.02. The van der Waals surface area contributed by atoms with Crippen LogP contribution in [0.25, 0.3) is 0 Å². The van der Waals surface area contributed by atoms with Crippen LogP contribution in [0.2, 0.25) is 0 Å². The molecule has 2 nitrogen and oxygen atoms in total. The molecule has 0 spiro atoms. The van der Waals surface area contributed by atoms with Gasteiger partial charge in [-0.2, -0.15) is 0 Å². The van der Waals surface area contributed by atoms with Gasteiger partial charge in [0.2, 0.25) is 0 Å². The van der Waals surface area contributed by atoms with Crippen LogP contribution >= 0.6 is 0 Å². The van der Waals surface area contributed by atoms with Crippen LogP contribution in [0.1, 0.15) is 43.2 Å². The Morgan fingerprint density at radius 2 is 2.12 bits per heavy atom. The molecule has 0 radical (unpaired) electrons. The number of nitrogens with two attached hydrogens (primary N) is 1. The van der Waals surface area contributed by atoms with Crippen molar-refractivity contribution in [3.8, 4) is 5.75 Å². The lowest BCUT2D eigenvalue weighted by atomic mass is 9.86. The van der Waals surface area contributed by atoms with Crippen molar-refractivity contribution in [1.82, 2.24) is 0 Å². The Kier molecular flexibility index (Phi) is 2.62. The Morgan fingerprint density at radius 3 is 2.71 bits per heavy atom. The highest BCUT2D eigenvalue weighted by molar-refractivity contribution is 5.44. The summed E-state index contributed by atoms with van der Waals surface area (Å²) < 4.78 is 5.98. The normalized spacial score (nSPS) is 22.0. The summed E-state index contributed by atoms with van der Waals surface area (Å²) in [5.74, 6) is 1.79. The molecule has 0 bridgehead atoms. The lowest BCUT2D eigenvalue weighted by molar-refractivity contribution is 0.178. The average molecular weight is 231 g/mol. The molecule has 0 saturated heterocycles. The summed E-state index contributed by atoms with van der Waals surface area (Å²) in [6.07, 6.45) is 6.21. The number of hydrogen-bond acceptors (Lipinski definition) is 2. The molecule has 2 N–H and O–H groups in total. The lowest BCUT2D eigenvalue weighted by Gasteiger charge is -2.26. The van der Waals surface area contributed by atoms with Crippen LogP contribution in [-0.4, -0.2) is 6.61 Å². The fraction of sp³-hybridized carbons (Fsp3) is 0.600. The van der Waals surface area contributed by atoms with Gasteiger partial charge >= 0.3 is 0 Å². The number of rotatable bonds is 4. The maximum absolute atomic E-state index is 6.31. The Morgan fingerprint density at radius 1 is 1.35 bits per heavy atom. The third-order valence-corrected chi connectivity index (χ3v) is 4.16. The molecule has 3 rings (SSSR count). The largest absolute Gasteiger partial charge is 0.493 e. The fourth-order valence-electron chi connectivity index (χ4n) is 2.43. The van der Waals surface area contributed by atoms with E-state index in [1.165, 1.54) is 30.4 Å². The van der Waals surface area contributed by atoms with Gasteiger partial charge in [-0.05, 0) is 44.6 Å². The van der Waals surface area contributed by atoms with Gasteiger partial charge in [-0.25, -0.2) is 0 Å². The summed E-state index contributed by atoms with van der Waals surface area (Å²) in [4.78, 5) is 0. The summed E-state index contributed by atoms with van der Waals surface area (Å²) in [5.41, 5.74) is 8.70. The molecule has 2 fully saturated rings. The zero-order chi connectivity index (χ0) is 11.9. The first-order chi connectivity index (χ1) is 8.17. The highest BCUT2D eigenvalue weighted by Gasteiger charge is 2.42. The maximum atomic E-state index is 6.31. The van der Waals surface area contributed by atoms with Gasteiger partial charge in [-0.1, -0.05) is 24.1 Å². The highest BCUT2D eigenvalue weighted by atomic mass is 16.5. The van der Waals surface area contributed by atoms with Crippen LogP contribution in [0.5, 0.6) is 5.75 Å². The third-order valence-electron chi connectivity index (χ3n) is 4.16. The lowest BCUT2D eigenvalue weighted by Crippen LogP contribution is -2.23. The average Bonchev–Trinajstić information content (AvgIpc) is 2.97. The van der Waals surface area contributed by atoms with Crippen molar-refractivity contribution in [2.45, 2.75) is 44.6 Å². The summed E-state index contributed by atoms with van der Waals surface area (Å²) in [7, 11) is 0. The minimum Gasteiger partial charge on any atom is -0.493 e. The van der Waals surface area contributed by atoms with E-state index in [9.17, 15) is 0 Å². The van der Waals surface area contributed by atoms with Crippen molar-refractivity contribution in [2.75, 3.05) is 6.61 Å². The SMILES string of the molecule is Cc1ccc(OCC2CCC2)c(C2(N)CC2)c1. The van der Waals surface area contributed by atoms with Gasteiger partial charge in [0.25, 0.3) is 0 Å². The van der Waals surface area contributed by atoms with Crippen LogP contribution < -0.4 is 10.5 Å². The first kappa shape index (κ1) is 11.1. The minimum atomic E-state index is -0.0963. The number of hydrogen-bond donors (Lipinski definition) is 1. The van der Waals surface area contributed by atoms with Crippen LogP contribution in [0, 0.1) is 12.8 Å². The molecular formula is C15H21NO. The van der Waals surface area contributed by atoms with Gasteiger partial charge < -0.3 is 10.5 Å². The second kappa shape index (κ2) is 4.02. The molecule has 1 aromatic rings. The Labute approximate surface area is 103 Å². The van der Waals surface area contributed by atoms with Gasteiger partial charge in [0.15, 0.2) is 0 Å². The van der Waals surface area contributed by atoms with Gasteiger partial charge in [0.1, 0.15) is 5.75 Å². The molecular weight excluding hydrogens is 210 g/mol. The molecule has 92 valence electrons. The van der Waals surface area contributed by atoms with E-state index in [1.54, 1.807) is 0 Å². The quantitative estimate of drug-likeness (QED) is 0.864. The Bertz CT molecular complexity index is 419. The van der Waals surface area contributed by atoms with Crippen LogP contribution in [0.4, 0.5) is 0 Å². The van der Waals surface area contributed by atoms with Crippen LogP contribution in [0.15, 0.2) is 18.2 Å². The van der Waals surface area contributed by atoms with Crippen molar-refractivity contribution in [3.05, 3.63) is 29.3 Å². The number of aryl methyl sites for hydroxylation is 1. The molecule has 1 aromatic carbocycles. The molecule has 0 atom stereocenters. The zero-order valence-corrected chi connectivity index (χ0v) is 10.5. The van der Waals surface area contributed by atoms with Gasteiger partial charge in [0, 0.05) is 11.1 Å². The number of benzene rings is 1. The topological polar surface area (TPSA) is 35.2 Å². The van der Waals surface area contributed by atoms with Crippen LogP contribution in [-0.2, 0) is 5.54 Å². The molecule has 2 aliphatic rings. The van der Waals surface area contributed by atoms with Crippen molar-refractivity contribution < 1.29 is 4.74 Å². The van der Waals surface area contributed by atoms with E-state index in [-0.39, 0.29) is 5.54 Å². The third kappa shape index (κ3) is 2.19. The summed E-state index contributed by atoms with van der Waals surface area (Å²) in [6.45, 7) is 2.98. The molecule has 17 heavy (non-hydrogen) atoms. The molecule has 2 heteroatoms. The summed E-state index contributed by atoms with van der Waals surface area (Å²) >= 11 is 0.